The third-order valence-electron chi connectivity index (χ3n) is 3.23. The molecule has 0 unspecified atom stereocenters. The maximum Gasteiger partial charge on any atom is 0.293 e. The highest BCUT2D eigenvalue weighted by Gasteiger charge is 2.22. The summed E-state index contributed by atoms with van der Waals surface area (Å²) in [5, 5.41) is 19.7. The zero-order valence-electron chi connectivity index (χ0n) is 10.3. The van der Waals surface area contributed by atoms with E-state index in [1.165, 1.54) is 17.6 Å². The molecule has 1 saturated heterocycles. The van der Waals surface area contributed by atoms with Crippen LogP contribution in [0.15, 0.2) is 18.2 Å². The van der Waals surface area contributed by atoms with Gasteiger partial charge in [0.25, 0.3) is 11.6 Å². The zero-order valence-corrected chi connectivity index (χ0v) is 10.3. The third kappa shape index (κ3) is 2.82. The molecule has 1 aromatic carbocycles. The van der Waals surface area contributed by atoms with Crippen molar-refractivity contribution in [1.82, 2.24) is 5.48 Å². The van der Waals surface area contributed by atoms with Gasteiger partial charge in [-0.25, -0.2) is 5.48 Å². The number of carbonyl (C=O) groups is 1. The van der Waals surface area contributed by atoms with E-state index in [-0.39, 0.29) is 11.3 Å². The Bertz CT molecular complexity index is 498. The molecule has 0 saturated carbocycles. The van der Waals surface area contributed by atoms with Crippen molar-refractivity contribution in [3.05, 3.63) is 33.9 Å². The van der Waals surface area contributed by atoms with E-state index in [1.54, 1.807) is 6.07 Å². The number of nitrogens with zero attached hydrogens (tertiary/aromatic N) is 2. The van der Waals surface area contributed by atoms with Crippen LogP contribution in [0.3, 0.4) is 0 Å². The van der Waals surface area contributed by atoms with Crippen molar-refractivity contribution in [2.24, 2.45) is 0 Å². The van der Waals surface area contributed by atoms with Crippen molar-refractivity contribution < 1.29 is 14.9 Å². The second kappa shape index (κ2) is 5.66. The van der Waals surface area contributed by atoms with Gasteiger partial charge < -0.3 is 4.90 Å². The molecule has 0 aromatic heterocycles. The molecule has 1 aliphatic heterocycles. The molecule has 1 heterocycles. The van der Waals surface area contributed by atoms with Crippen LogP contribution in [-0.2, 0) is 0 Å². The van der Waals surface area contributed by atoms with Gasteiger partial charge in [0.05, 0.1) is 4.92 Å². The molecule has 1 aromatic rings. The van der Waals surface area contributed by atoms with E-state index in [0.29, 0.717) is 5.69 Å². The van der Waals surface area contributed by atoms with Crippen molar-refractivity contribution >= 4 is 17.3 Å². The van der Waals surface area contributed by atoms with Gasteiger partial charge in [-0.3, -0.25) is 20.1 Å². The summed E-state index contributed by atoms with van der Waals surface area (Å²) >= 11 is 0. The fourth-order valence-electron chi connectivity index (χ4n) is 2.28. The normalized spacial score (nSPS) is 15.1. The van der Waals surface area contributed by atoms with Crippen LogP contribution in [0.2, 0.25) is 0 Å². The molecule has 2 N–H and O–H groups in total. The number of nitrogens with one attached hydrogen (secondary N) is 1. The topological polar surface area (TPSA) is 95.7 Å². The van der Waals surface area contributed by atoms with Crippen LogP contribution >= 0.6 is 0 Å². The van der Waals surface area contributed by atoms with Crippen LogP contribution in [-0.4, -0.2) is 29.1 Å². The highest BCUT2D eigenvalue weighted by molar-refractivity contribution is 5.95. The predicted octanol–water partition coefficient (Wildman–Crippen LogP) is 1.70. The Morgan fingerprint density at radius 1 is 1.32 bits per heavy atom. The molecule has 0 aliphatic carbocycles. The molecule has 0 bridgehead atoms. The van der Waals surface area contributed by atoms with Crippen molar-refractivity contribution in [1.29, 1.82) is 0 Å². The Morgan fingerprint density at radius 3 is 2.58 bits per heavy atom. The lowest BCUT2D eigenvalue weighted by molar-refractivity contribution is -0.384. The van der Waals surface area contributed by atoms with E-state index in [1.807, 2.05) is 4.90 Å². The van der Waals surface area contributed by atoms with E-state index in [2.05, 4.69) is 0 Å². The first-order valence-electron chi connectivity index (χ1n) is 6.11. The number of hydroxylamine groups is 1. The first-order chi connectivity index (χ1) is 9.13. The molecule has 0 atom stereocenters. The van der Waals surface area contributed by atoms with Crippen molar-refractivity contribution in [2.45, 2.75) is 19.3 Å². The maximum absolute atomic E-state index is 11.3. The predicted molar refractivity (Wildman–Crippen MR) is 68.4 cm³/mol. The van der Waals surface area contributed by atoms with Crippen LogP contribution in [0.25, 0.3) is 0 Å². The maximum atomic E-state index is 11.3. The molecule has 1 fully saturated rings. The van der Waals surface area contributed by atoms with Crippen LogP contribution in [0.1, 0.15) is 29.6 Å². The Hall–Kier alpha value is -2.15. The zero-order chi connectivity index (χ0) is 13.8. The van der Waals surface area contributed by atoms with Gasteiger partial charge in [0.1, 0.15) is 5.69 Å². The summed E-state index contributed by atoms with van der Waals surface area (Å²) in [6.07, 6.45) is 3.15. The van der Waals surface area contributed by atoms with Crippen molar-refractivity contribution in [3.63, 3.8) is 0 Å². The molecule has 1 aliphatic rings. The standard InChI is InChI=1S/C12H15N3O4/c16-12(13-17)9-4-5-10(11(8-9)15(18)19)14-6-2-1-3-7-14/h4-5,8,17H,1-3,6-7H2,(H,13,16). The number of carbonyl (C=O) groups excluding carboxylic acids is 1. The molecule has 7 nitrogen and oxygen atoms in total. The Kier molecular flexibility index (Phi) is 3.96. The Balaban J connectivity index is 2.37. The monoisotopic (exact) mass is 265 g/mol. The summed E-state index contributed by atoms with van der Waals surface area (Å²) in [5.41, 5.74) is 1.95. The third-order valence-corrected chi connectivity index (χ3v) is 3.23. The molecule has 102 valence electrons. The molecular weight excluding hydrogens is 250 g/mol. The molecular formula is C12H15N3O4. The van der Waals surface area contributed by atoms with E-state index in [0.717, 1.165) is 32.4 Å². The smallest absolute Gasteiger partial charge is 0.293 e. The molecule has 19 heavy (non-hydrogen) atoms. The summed E-state index contributed by atoms with van der Waals surface area (Å²) in [4.78, 5) is 23.8. The summed E-state index contributed by atoms with van der Waals surface area (Å²) in [6, 6.07) is 4.23. The lowest BCUT2D eigenvalue weighted by Gasteiger charge is -2.28. The van der Waals surface area contributed by atoms with E-state index in [4.69, 9.17) is 5.21 Å². The van der Waals surface area contributed by atoms with Gasteiger partial charge in [0.15, 0.2) is 0 Å². The highest BCUT2D eigenvalue weighted by Crippen LogP contribution is 2.31. The SMILES string of the molecule is O=C(NO)c1ccc(N2CCCCC2)c([N+](=O)[O-])c1. The average molecular weight is 265 g/mol. The van der Waals surface area contributed by atoms with E-state index in [9.17, 15) is 14.9 Å². The summed E-state index contributed by atoms with van der Waals surface area (Å²) < 4.78 is 0. The highest BCUT2D eigenvalue weighted by atomic mass is 16.6. The average Bonchev–Trinajstić information content (AvgIpc) is 2.46. The number of nitro benzene ring substituents is 1. The summed E-state index contributed by atoms with van der Waals surface area (Å²) in [5.74, 6) is -0.756. The van der Waals surface area contributed by atoms with Gasteiger partial charge in [-0.1, -0.05) is 0 Å². The number of hydrogen-bond donors (Lipinski definition) is 2. The molecule has 0 spiro atoms. The van der Waals surface area contributed by atoms with Crippen LogP contribution in [0.4, 0.5) is 11.4 Å². The van der Waals surface area contributed by atoms with Crippen LogP contribution in [0.5, 0.6) is 0 Å². The van der Waals surface area contributed by atoms with Gasteiger partial charge in [-0.15, -0.1) is 0 Å². The first-order valence-corrected chi connectivity index (χ1v) is 6.11. The number of piperidine rings is 1. The van der Waals surface area contributed by atoms with Gasteiger partial charge in [0, 0.05) is 24.7 Å². The van der Waals surface area contributed by atoms with Gasteiger partial charge in [-0.2, -0.15) is 0 Å². The minimum absolute atomic E-state index is 0.0648. The second-order valence-electron chi connectivity index (χ2n) is 4.45. The Morgan fingerprint density at radius 2 is 2.00 bits per heavy atom. The van der Waals surface area contributed by atoms with Crippen LogP contribution in [0, 0.1) is 10.1 Å². The van der Waals surface area contributed by atoms with Gasteiger partial charge in [-0.05, 0) is 31.4 Å². The largest absolute Gasteiger partial charge is 0.366 e. The van der Waals surface area contributed by atoms with Crippen molar-refractivity contribution in [3.8, 4) is 0 Å². The fraction of sp³-hybridized carbons (Fsp3) is 0.417. The quantitative estimate of drug-likeness (QED) is 0.492. The minimum atomic E-state index is -0.756. The molecule has 2 rings (SSSR count). The number of benzene rings is 1. The first kappa shape index (κ1) is 13.3. The van der Waals surface area contributed by atoms with Gasteiger partial charge in [0.2, 0.25) is 0 Å². The number of hydrogen-bond acceptors (Lipinski definition) is 5. The number of amides is 1. The van der Waals surface area contributed by atoms with Gasteiger partial charge >= 0.3 is 0 Å². The number of nitro groups is 1. The summed E-state index contributed by atoms with van der Waals surface area (Å²) in [6.45, 7) is 1.57. The molecule has 7 heteroatoms. The molecule has 0 radical (unpaired) electrons. The second-order valence-corrected chi connectivity index (χ2v) is 4.45. The lowest BCUT2D eigenvalue weighted by Crippen LogP contribution is -2.30. The van der Waals surface area contributed by atoms with E-state index < -0.39 is 10.8 Å². The minimum Gasteiger partial charge on any atom is -0.366 e. The number of anilines is 1. The Labute approximate surface area is 109 Å². The number of rotatable bonds is 3. The van der Waals surface area contributed by atoms with Crippen molar-refractivity contribution in [2.75, 3.05) is 18.0 Å². The fourth-order valence-corrected chi connectivity index (χ4v) is 2.28. The van der Waals surface area contributed by atoms with Crippen LogP contribution < -0.4 is 10.4 Å². The van der Waals surface area contributed by atoms with E-state index >= 15 is 0 Å². The molecule has 1 amide bonds. The summed E-state index contributed by atoms with van der Waals surface area (Å²) in [7, 11) is 0. The lowest BCUT2D eigenvalue weighted by atomic mass is 10.1.